The number of rotatable bonds is 4. The Hall–Kier alpha value is -2.92. The smallest absolute Gasteiger partial charge is 0.266 e. The highest BCUT2D eigenvalue weighted by atomic mass is 32.1. The lowest BCUT2D eigenvalue weighted by atomic mass is 9.90. The number of pyridine rings is 1. The van der Waals surface area contributed by atoms with Gasteiger partial charge in [-0.05, 0) is 55.0 Å². The van der Waals surface area contributed by atoms with E-state index in [2.05, 4.69) is 41.4 Å². The summed E-state index contributed by atoms with van der Waals surface area (Å²) in [4.78, 5) is 21.7. The summed E-state index contributed by atoms with van der Waals surface area (Å²) in [6.07, 6.45) is 9.01. The molecule has 1 aliphatic rings. The topological polar surface area (TPSA) is 38.1 Å². The van der Waals surface area contributed by atoms with Crippen molar-refractivity contribution in [2.45, 2.75) is 19.3 Å². The van der Waals surface area contributed by atoms with Gasteiger partial charge in [-0.15, -0.1) is 11.3 Å². The fraction of sp³-hybridized carbons (Fsp3) is 0.250. The van der Waals surface area contributed by atoms with Crippen LogP contribution in [0.5, 0.6) is 0 Å². The lowest BCUT2D eigenvalue weighted by molar-refractivity contribution is 0.0695. The minimum absolute atomic E-state index is 0.134. The van der Waals surface area contributed by atoms with Crippen LogP contribution in [0.4, 0.5) is 0 Å². The molecule has 5 heteroatoms. The number of amides is 1. The van der Waals surface area contributed by atoms with E-state index in [9.17, 15) is 4.79 Å². The van der Waals surface area contributed by atoms with Crippen LogP contribution in [0.3, 0.4) is 0 Å². The number of piperidine rings is 1. The Morgan fingerprint density at radius 2 is 1.76 bits per heavy atom. The Labute approximate surface area is 174 Å². The molecule has 4 nitrogen and oxygen atoms in total. The van der Waals surface area contributed by atoms with Gasteiger partial charge in [0.15, 0.2) is 0 Å². The molecule has 0 N–H and O–H groups in total. The quantitative estimate of drug-likeness (QED) is 0.472. The Morgan fingerprint density at radius 3 is 2.52 bits per heavy atom. The molecule has 1 saturated heterocycles. The summed E-state index contributed by atoms with van der Waals surface area (Å²) < 4.78 is 2.04. The van der Waals surface area contributed by atoms with Crippen molar-refractivity contribution >= 4 is 27.5 Å². The molecular formula is C24H23N3OS. The molecule has 1 amide bonds. The molecule has 0 unspecified atom stereocenters. The van der Waals surface area contributed by atoms with E-state index in [1.165, 1.54) is 16.9 Å². The second kappa shape index (κ2) is 7.84. The van der Waals surface area contributed by atoms with Gasteiger partial charge in [0, 0.05) is 37.1 Å². The van der Waals surface area contributed by atoms with Crippen LogP contribution in [0, 0.1) is 5.92 Å². The van der Waals surface area contributed by atoms with Crippen molar-refractivity contribution in [1.29, 1.82) is 0 Å². The van der Waals surface area contributed by atoms with Crippen molar-refractivity contribution in [3.63, 3.8) is 0 Å². The molecule has 5 rings (SSSR count). The van der Waals surface area contributed by atoms with E-state index in [0.29, 0.717) is 5.92 Å². The Kier molecular flexibility index (Phi) is 4.90. The average Bonchev–Trinajstić information content (AvgIpc) is 3.42. The second-order valence-electron chi connectivity index (χ2n) is 7.65. The molecule has 29 heavy (non-hydrogen) atoms. The summed E-state index contributed by atoms with van der Waals surface area (Å²) in [5.74, 6) is 0.782. The predicted octanol–water partition coefficient (Wildman–Crippen LogP) is 5.18. The number of aromatic nitrogens is 2. The first-order chi connectivity index (χ1) is 14.3. The van der Waals surface area contributed by atoms with Gasteiger partial charge in [-0.25, -0.2) is 4.98 Å². The molecule has 0 radical (unpaired) electrons. The van der Waals surface area contributed by atoms with Crippen molar-refractivity contribution in [1.82, 2.24) is 14.5 Å². The molecular weight excluding hydrogens is 378 g/mol. The first-order valence-electron chi connectivity index (χ1n) is 10.1. The van der Waals surface area contributed by atoms with Gasteiger partial charge in [-0.3, -0.25) is 4.79 Å². The SMILES string of the molecule is O=C(c1sc2ncccc2c1-n1cccc1)N1CCC(Cc2ccccc2)CC1. The lowest BCUT2D eigenvalue weighted by Crippen LogP contribution is -2.38. The van der Waals surface area contributed by atoms with Crippen LogP contribution in [-0.4, -0.2) is 33.4 Å². The molecule has 1 aliphatic heterocycles. The molecule has 1 aromatic carbocycles. The summed E-state index contributed by atoms with van der Waals surface area (Å²) >= 11 is 1.50. The number of carbonyl (C=O) groups is 1. The largest absolute Gasteiger partial charge is 0.338 e. The number of likely N-dealkylation sites (tertiary alicyclic amines) is 1. The zero-order valence-electron chi connectivity index (χ0n) is 16.2. The maximum atomic E-state index is 13.4. The van der Waals surface area contributed by atoms with Crippen molar-refractivity contribution in [2.24, 2.45) is 5.92 Å². The fourth-order valence-electron chi connectivity index (χ4n) is 4.24. The van der Waals surface area contributed by atoms with Crippen LogP contribution < -0.4 is 0 Å². The molecule has 4 heterocycles. The van der Waals surface area contributed by atoms with E-state index >= 15 is 0 Å². The van der Waals surface area contributed by atoms with Gasteiger partial charge in [0.05, 0.1) is 5.69 Å². The Balaban J connectivity index is 1.37. The van der Waals surface area contributed by atoms with Crippen LogP contribution >= 0.6 is 11.3 Å². The van der Waals surface area contributed by atoms with Crippen LogP contribution in [0.15, 0.2) is 73.2 Å². The average molecular weight is 402 g/mol. The van der Waals surface area contributed by atoms with Crippen molar-refractivity contribution in [3.05, 3.63) is 83.6 Å². The highest BCUT2D eigenvalue weighted by Crippen LogP contribution is 2.35. The molecule has 0 bridgehead atoms. The van der Waals surface area contributed by atoms with E-state index in [1.807, 2.05) is 40.1 Å². The zero-order chi connectivity index (χ0) is 19.6. The van der Waals surface area contributed by atoms with E-state index in [4.69, 9.17) is 0 Å². The maximum Gasteiger partial charge on any atom is 0.266 e. The number of hydrogen-bond donors (Lipinski definition) is 0. The van der Waals surface area contributed by atoms with Crippen LogP contribution in [-0.2, 0) is 6.42 Å². The van der Waals surface area contributed by atoms with Crippen LogP contribution in [0.25, 0.3) is 15.9 Å². The van der Waals surface area contributed by atoms with Crippen molar-refractivity contribution in [2.75, 3.05) is 13.1 Å². The van der Waals surface area contributed by atoms with E-state index in [-0.39, 0.29) is 5.91 Å². The van der Waals surface area contributed by atoms with E-state index < -0.39 is 0 Å². The van der Waals surface area contributed by atoms with E-state index in [1.54, 1.807) is 6.20 Å². The molecule has 1 fully saturated rings. The molecule has 146 valence electrons. The molecule has 0 saturated carbocycles. The number of benzene rings is 1. The first-order valence-corrected chi connectivity index (χ1v) is 11.0. The molecule has 3 aromatic heterocycles. The summed E-state index contributed by atoms with van der Waals surface area (Å²) in [7, 11) is 0. The second-order valence-corrected chi connectivity index (χ2v) is 8.65. The fourth-order valence-corrected chi connectivity index (χ4v) is 5.35. The van der Waals surface area contributed by atoms with Gasteiger partial charge >= 0.3 is 0 Å². The normalized spacial score (nSPS) is 15.1. The Bertz CT molecular complexity index is 1110. The number of nitrogens with zero attached hydrogens (tertiary/aromatic N) is 3. The van der Waals surface area contributed by atoms with Crippen molar-refractivity contribution in [3.8, 4) is 5.69 Å². The van der Waals surface area contributed by atoms with Crippen molar-refractivity contribution < 1.29 is 4.79 Å². The number of hydrogen-bond acceptors (Lipinski definition) is 3. The van der Waals surface area contributed by atoms with E-state index in [0.717, 1.165) is 53.1 Å². The highest BCUT2D eigenvalue weighted by molar-refractivity contribution is 7.21. The third-order valence-electron chi connectivity index (χ3n) is 5.77. The third kappa shape index (κ3) is 3.58. The monoisotopic (exact) mass is 401 g/mol. The number of thiophene rings is 1. The maximum absolute atomic E-state index is 13.4. The van der Waals surface area contributed by atoms with Gasteiger partial charge in [0.25, 0.3) is 5.91 Å². The van der Waals surface area contributed by atoms with Gasteiger partial charge in [0.1, 0.15) is 9.71 Å². The molecule has 4 aromatic rings. The van der Waals surface area contributed by atoms with Gasteiger partial charge in [-0.1, -0.05) is 30.3 Å². The van der Waals surface area contributed by atoms with Gasteiger partial charge in [-0.2, -0.15) is 0 Å². The minimum Gasteiger partial charge on any atom is -0.338 e. The minimum atomic E-state index is 0.134. The molecule has 0 spiro atoms. The van der Waals surface area contributed by atoms with Crippen LogP contribution in [0.1, 0.15) is 28.1 Å². The zero-order valence-corrected chi connectivity index (χ0v) is 17.0. The highest BCUT2D eigenvalue weighted by Gasteiger charge is 2.28. The Morgan fingerprint density at radius 1 is 1.00 bits per heavy atom. The summed E-state index contributed by atoms with van der Waals surface area (Å²) in [5.41, 5.74) is 2.35. The third-order valence-corrected chi connectivity index (χ3v) is 6.86. The predicted molar refractivity (Wildman–Crippen MR) is 118 cm³/mol. The van der Waals surface area contributed by atoms with Gasteiger partial charge < -0.3 is 9.47 Å². The molecule has 0 atom stereocenters. The summed E-state index contributed by atoms with van der Waals surface area (Å²) in [5, 5.41) is 1.04. The standard InChI is InChI=1S/C24H23N3OS/c28-24(27-15-10-19(11-16-27)17-18-7-2-1-3-8-18)22-21(26-13-4-5-14-26)20-9-6-12-25-23(20)29-22/h1-9,12-14,19H,10-11,15-17H2. The number of carbonyl (C=O) groups excluding carboxylic acids is 1. The first kappa shape index (κ1) is 18.1. The lowest BCUT2D eigenvalue weighted by Gasteiger charge is -2.32. The summed E-state index contributed by atoms with van der Waals surface area (Å²) in [6, 6.07) is 18.6. The number of fused-ring (bicyclic) bond motifs is 1. The van der Waals surface area contributed by atoms with Crippen LogP contribution in [0.2, 0.25) is 0 Å². The van der Waals surface area contributed by atoms with Gasteiger partial charge in [0.2, 0.25) is 0 Å². The summed E-state index contributed by atoms with van der Waals surface area (Å²) in [6.45, 7) is 1.65. The molecule has 0 aliphatic carbocycles.